The highest BCUT2D eigenvalue weighted by Crippen LogP contribution is 2.27. The fourth-order valence-electron chi connectivity index (χ4n) is 1.64. The normalized spacial score (nSPS) is 13.5. The van der Waals surface area contributed by atoms with Gasteiger partial charge in [-0.1, -0.05) is 47.0 Å². The Morgan fingerprint density at radius 1 is 1.18 bits per heavy atom. The number of rotatable bonds is 8. The van der Waals surface area contributed by atoms with Gasteiger partial charge in [-0.3, -0.25) is 4.79 Å². The summed E-state index contributed by atoms with van der Waals surface area (Å²) in [6.45, 7) is 9.24. The Bertz CT molecular complexity index is 206. The van der Waals surface area contributed by atoms with E-state index < -0.39 is 0 Å². The van der Waals surface area contributed by atoms with Crippen molar-refractivity contribution in [3.63, 3.8) is 0 Å². The van der Waals surface area contributed by atoms with Crippen LogP contribution in [0.25, 0.3) is 0 Å². The molecule has 1 atom stereocenters. The number of ether oxygens (including phenoxy) is 2. The molecule has 17 heavy (non-hydrogen) atoms. The van der Waals surface area contributed by atoms with Gasteiger partial charge in [0.1, 0.15) is 0 Å². The average Bonchev–Trinajstić information content (AvgIpc) is 2.23. The second-order valence-electron chi connectivity index (χ2n) is 5.60. The molecule has 0 aliphatic carbocycles. The molecule has 0 N–H and O–H groups in total. The number of esters is 1. The van der Waals surface area contributed by atoms with Crippen LogP contribution in [0.4, 0.5) is 0 Å². The summed E-state index contributed by atoms with van der Waals surface area (Å²) in [5, 5.41) is 0. The molecule has 0 aromatic carbocycles. The Kier molecular flexibility index (Phi) is 8.23. The third-order valence-corrected chi connectivity index (χ3v) is 2.91. The standard InChI is InChI=1S/C14H28O3/c1-6-7-8-9-10-17-13(15)12(11-16-5)14(2,3)4/h12H,6-11H2,1-5H3. The molecule has 3 heteroatoms. The molecule has 0 saturated heterocycles. The van der Waals surface area contributed by atoms with Crippen molar-refractivity contribution in [2.24, 2.45) is 11.3 Å². The van der Waals surface area contributed by atoms with Crippen molar-refractivity contribution in [1.29, 1.82) is 0 Å². The van der Waals surface area contributed by atoms with Gasteiger partial charge in [0.15, 0.2) is 0 Å². The van der Waals surface area contributed by atoms with Gasteiger partial charge in [-0.05, 0) is 11.8 Å². The van der Waals surface area contributed by atoms with Crippen LogP contribution in [0.2, 0.25) is 0 Å². The van der Waals surface area contributed by atoms with Gasteiger partial charge < -0.3 is 9.47 Å². The van der Waals surface area contributed by atoms with Crippen LogP contribution >= 0.6 is 0 Å². The van der Waals surface area contributed by atoms with Crippen molar-refractivity contribution in [1.82, 2.24) is 0 Å². The summed E-state index contributed by atoms with van der Waals surface area (Å²) in [6.07, 6.45) is 4.50. The van der Waals surface area contributed by atoms with E-state index in [0.29, 0.717) is 13.2 Å². The van der Waals surface area contributed by atoms with Crippen molar-refractivity contribution in [3.05, 3.63) is 0 Å². The van der Waals surface area contributed by atoms with E-state index in [2.05, 4.69) is 6.92 Å². The Hall–Kier alpha value is -0.570. The second-order valence-corrected chi connectivity index (χ2v) is 5.60. The fourth-order valence-corrected chi connectivity index (χ4v) is 1.64. The number of methoxy groups -OCH3 is 1. The smallest absolute Gasteiger partial charge is 0.311 e. The molecular formula is C14H28O3. The SMILES string of the molecule is CCCCCCOC(=O)C(COC)C(C)(C)C. The van der Waals surface area contributed by atoms with Crippen LogP contribution in [-0.2, 0) is 14.3 Å². The molecule has 102 valence electrons. The molecule has 0 aromatic heterocycles. The number of carbonyl (C=O) groups excluding carboxylic acids is 1. The first-order valence-electron chi connectivity index (χ1n) is 6.59. The Balaban J connectivity index is 3.99. The molecule has 1 unspecified atom stereocenters. The summed E-state index contributed by atoms with van der Waals surface area (Å²) < 4.78 is 10.4. The largest absolute Gasteiger partial charge is 0.465 e. The summed E-state index contributed by atoms with van der Waals surface area (Å²) >= 11 is 0. The lowest BCUT2D eigenvalue weighted by Crippen LogP contribution is -2.34. The van der Waals surface area contributed by atoms with E-state index >= 15 is 0 Å². The van der Waals surface area contributed by atoms with Gasteiger partial charge in [0.2, 0.25) is 0 Å². The van der Waals surface area contributed by atoms with Crippen LogP contribution in [0.3, 0.4) is 0 Å². The highest BCUT2D eigenvalue weighted by molar-refractivity contribution is 5.73. The molecule has 0 rings (SSSR count). The summed E-state index contributed by atoms with van der Waals surface area (Å²) in [4.78, 5) is 11.9. The molecular weight excluding hydrogens is 216 g/mol. The average molecular weight is 244 g/mol. The first-order valence-corrected chi connectivity index (χ1v) is 6.59. The van der Waals surface area contributed by atoms with Crippen molar-refractivity contribution in [2.45, 2.75) is 53.4 Å². The molecule has 0 aromatic rings. The molecule has 0 saturated carbocycles. The molecule has 3 nitrogen and oxygen atoms in total. The highest BCUT2D eigenvalue weighted by atomic mass is 16.5. The van der Waals surface area contributed by atoms with Gasteiger partial charge in [0.25, 0.3) is 0 Å². The molecule has 0 aliphatic heterocycles. The zero-order chi connectivity index (χ0) is 13.3. The lowest BCUT2D eigenvalue weighted by Gasteiger charge is -2.28. The monoisotopic (exact) mass is 244 g/mol. The molecule has 0 fully saturated rings. The van der Waals surface area contributed by atoms with Gasteiger partial charge in [-0.2, -0.15) is 0 Å². The van der Waals surface area contributed by atoms with E-state index in [1.807, 2.05) is 20.8 Å². The Labute approximate surface area is 106 Å². The third-order valence-electron chi connectivity index (χ3n) is 2.91. The Morgan fingerprint density at radius 3 is 2.29 bits per heavy atom. The van der Waals surface area contributed by atoms with E-state index in [4.69, 9.17) is 9.47 Å². The molecule has 0 bridgehead atoms. The van der Waals surface area contributed by atoms with Gasteiger partial charge >= 0.3 is 5.97 Å². The summed E-state index contributed by atoms with van der Waals surface area (Å²) in [7, 11) is 1.62. The van der Waals surface area contributed by atoms with Crippen molar-refractivity contribution in [2.75, 3.05) is 20.3 Å². The first-order chi connectivity index (χ1) is 7.93. The van der Waals surface area contributed by atoms with E-state index in [0.717, 1.165) is 12.8 Å². The van der Waals surface area contributed by atoms with Crippen molar-refractivity contribution < 1.29 is 14.3 Å². The lowest BCUT2D eigenvalue weighted by molar-refractivity contribution is -0.155. The maximum Gasteiger partial charge on any atom is 0.311 e. The maximum absolute atomic E-state index is 11.9. The quantitative estimate of drug-likeness (QED) is 0.485. The third kappa shape index (κ3) is 7.37. The number of hydrogen-bond donors (Lipinski definition) is 0. The van der Waals surface area contributed by atoms with Crippen LogP contribution in [0.15, 0.2) is 0 Å². The van der Waals surface area contributed by atoms with Crippen LogP contribution in [0.5, 0.6) is 0 Å². The number of carbonyl (C=O) groups is 1. The summed E-state index contributed by atoms with van der Waals surface area (Å²) in [5.74, 6) is -0.311. The van der Waals surface area contributed by atoms with E-state index in [1.165, 1.54) is 12.8 Å². The molecule has 0 radical (unpaired) electrons. The van der Waals surface area contributed by atoms with Gasteiger partial charge in [0, 0.05) is 7.11 Å². The number of hydrogen-bond acceptors (Lipinski definition) is 3. The summed E-state index contributed by atoms with van der Waals surface area (Å²) in [6, 6.07) is 0. The van der Waals surface area contributed by atoms with Crippen LogP contribution in [-0.4, -0.2) is 26.3 Å². The minimum absolute atomic E-state index is 0.115. The van der Waals surface area contributed by atoms with Gasteiger partial charge in [-0.15, -0.1) is 0 Å². The summed E-state index contributed by atoms with van der Waals surface area (Å²) in [5.41, 5.74) is -0.115. The van der Waals surface area contributed by atoms with Crippen LogP contribution in [0, 0.1) is 11.3 Å². The molecule has 0 amide bonds. The lowest BCUT2D eigenvalue weighted by atomic mass is 9.81. The maximum atomic E-state index is 11.9. The zero-order valence-electron chi connectivity index (χ0n) is 12.0. The first kappa shape index (κ1) is 16.4. The molecule has 0 spiro atoms. The highest BCUT2D eigenvalue weighted by Gasteiger charge is 2.32. The fraction of sp³-hybridized carbons (Fsp3) is 0.929. The van der Waals surface area contributed by atoms with Crippen molar-refractivity contribution >= 4 is 5.97 Å². The van der Waals surface area contributed by atoms with Crippen LogP contribution < -0.4 is 0 Å². The predicted octanol–water partition coefficient (Wildman–Crippen LogP) is 3.42. The second kappa shape index (κ2) is 8.51. The minimum Gasteiger partial charge on any atom is -0.465 e. The number of unbranched alkanes of at least 4 members (excludes halogenated alkanes) is 3. The van der Waals surface area contributed by atoms with E-state index in [-0.39, 0.29) is 17.3 Å². The van der Waals surface area contributed by atoms with Crippen molar-refractivity contribution in [3.8, 4) is 0 Å². The van der Waals surface area contributed by atoms with E-state index in [1.54, 1.807) is 7.11 Å². The van der Waals surface area contributed by atoms with E-state index in [9.17, 15) is 4.79 Å². The van der Waals surface area contributed by atoms with Crippen LogP contribution in [0.1, 0.15) is 53.4 Å². The predicted molar refractivity (Wildman–Crippen MR) is 69.9 cm³/mol. The molecule has 0 heterocycles. The topological polar surface area (TPSA) is 35.5 Å². The Morgan fingerprint density at radius 2 is 1.82 bits per heavy atom. The minimum atomic E-state index is -0.182. The molecule has 0 aliphatic rings. The van der Waals surface area contributed by atoms with Gasteiger partial charge in [-0.25, -0.2) is 0 Å². The van der Waals surface area contributed by atoms with Gasteiger partial charge in [0.05, 0.1) is 19.1 Å². The zero-order valence-corrected chi connectivity index (χ0v) is 12.0.